The van der Waals surface area contributed by atoms with Gasteiger partial charge in [-0.3, -0.25) is 4.79 Å². The highest BCUT2D eigenvalue weighted by Crippen LogP contribution is 2.32. The van der Waals surface area contributed by atoms with Crippen molar-refractivity contribution in [2.45, 2.75) is 25.7 Å². The summed E-state index contributed by atoms with van der Waals surface area (Å²) in [5.41, 5.74) is 2.14. The predicted octanol–water partition coefficient (Wildman–Crippen LogP) is 2.49. The van der Waals surface area contributed by atoms with Crippen molar-refractivity contribution in [2.24, 2.45) is 5.92 Å². The van der Waals surface area contributed by atoms with Crippen LogP contribution in [-0.4, -0.2) is 23.9 Å². The molecule has 1 fully saturated rings. The van der Waals surface area contributed by atoms with E-state index in [9.17, 15) is 4.79 Å². The fourth-order valence-electron chi connectivity index (χ4n) is 2.43. The number of carbonyl (C=O) groups excluding carboxylic acids is 1. The lowest BCUT2D eigenvalue weighted by molar-refractivity contribution is 0.0735. The molecule has 16 heavy (non-hydrogen) atoms. The summed E-state index contributed by atoms with van der Waals surface area (Å²) in [6.07, 6.45) is 4.97. The molecule has 0 N–H and O–H groups in total. The SMILES string of the molecule is O=C1c2ccccc2CCN1CCC1CC1. The molecule has 1 aliphatic carbocycles. The Hall–Kier alpha value is -1.31. The molecule has 0 saturated heterocycles. The average Bonchev–Trinajstić information content (AvgIpc) is 3.13. The highest BCUT2D eigenvalue weighted by Gasteiger charge is 2.26. The first-order valence-corrected chi connectivity index (χ1v) is 6.22. The molecule has 3 rings (SSSR count). The number of amides is 1. The summed E-state index contributed by atoms with van der Waals surface area (Å²) in [7, 11) is 0. The second-order valence-corrected chi connectivity index (χ2v) is 4.93. The number of hydrogen-bond acceptors (Lipinski definition) is 1. The van der Waals surface area contributed by atoms with E-state index in [1.165, 1.54) is 24.8 Å². The van der Waals surface area contributed by atoms with Crippen LogP contribution in [0.25, 0.3) is 0 Å². The van der Waals surface area contributed by atoms with Crippen molar-refractivity contribution in [2.75, 3.05) is 13.1 Å². The third-order valence-electron chi connectivity index (χ3n) is 3.69. The van der Waals surface area contributed by atoms with E-state index in [-0.39, 0.29) is 5.91 Å². The van der Waals surface area contributed by atoms with Gasteiger partial charge in [-0.25, -0.2) is 0 Å². The van der Waals surface area contributed by atoms with Gasteiger partial charge in [0.25, 0.3) is 5.91 Å². The van der Waals surface area contributed by atoms with E-state index in [0.717, 1.165) is 31.0 Å². The van der Waals surface area contributed by atoms with Crippen LogP contribution in [-0.2, 0) is 6.42 Å². The monoisotopic (exact) mass is 215 g/mol. The summed E-state index contributed by atoms with van der Waals surface area (Å²) in [6, 6.07) is 8.01. The van der Waals surface area contributed by atoms with Crippen molar-refractivity contribution >= 4 is 5.91 Å². The molecular weight excluding hydrogens is 198 g/mol. The van der Waals surface area contributed by atoms with E-state index >= 15 is 0 Å². The van der Waals surface area contributed by atoms with Gasteiger partial charge < -0.3 is 4.90 Å². The van der Waals surface area contributed by atoms with Crippen LogP contribution in [0.15, 0.2) is 24.3 Å². The molecule has 1 aromatic rings. The van der Waals surface area contributed by atoms with Crippen molar-refractivity contribution < 1.29 is 4.79 Å². The van der Waals surface area contributed by atoms with Gasteiger partial charge in [0.1, 0.15) is 0 Å². The zero-order valence-corrected chi connectivity index (χ0v) is 9.48. The lowest BCUT2D eigenvalue weighted by Gasteiger charge is -2.28. The highest BCUT2D eigenvalue weighted by atomic mass is 16.2. The second-order valence-electron chi connectivity index (χ2n) is 4.93. The number of nitrogens with zero attached hydrogens (tertiary/aromatic N) is 1. The molecule has 0 atom stereocenters. The number of fused-ring (bicyclic) bond motifs is 1. The molecule has 1 heterocycles. The topological polar surface area (TPSA) is 20.3 Å². The molecule has 1 amide bonds. The maximum Gasteiger partial charge on any atom is 0.254 e. The Morgan fingerprint density at radius 2 is 2.06 bits per heavy atom. The Kier molecular flexibility index (Phi) is 2.43. The number of rotatable bonds is 3. The van der Waals surface area contributed by atoms with E-state index in [1.807, 2.05) is 23.1 Å². The van der Waals surface area contributed by atoms with Crippen LogP contribution in [0.3, 0.4) is 0 Å². The summed E-state index contributed by atoms with van der Waals surface area (Å²) in [5, 5.41) is 0. The molecule has 2 nitrogen and oxygen atoms in total. The standard InChI is InChI=1S/C14H17NO/c16-14-13-4-2-1-3-12(13)8-10-15(14)9-7-11-5-6-11/h1-4,11H,5-10H2. The van der Waals surface area contributed by atoms with E-state index in [2.05, 4.69) is 6.07 Å². The maximum atomic E-state index is 12.2. The molecule has 2 heteroatoms. The molecule has 0 spiro atoms. The van der Waals surface area contributed by atoms with Crippen molar-refractivity contribution in [3.8, 4) is 0 Å². The third-order valence-corrected chi connectivity index (χ3v) is 3.69. The summed E-state index contributed by atoms with van der Waals surface area (Å²) in [6.45, 7) is 1.86. The van der Waals surface area contributed by atoms with E-state index < -0.39 is 0 Å². The number of carbonyl (C=O) groups is 1. The molecular formula is C14H17NO. The first-order chi connectivity index (χ1) is 7.84. The normalized spacial score (nSPS) is 19.8. The van der Waals surface area contributed by atoms with Crippen molar-refractivity contribution in [1.29, 1.82) is 0 Å². The van der Waals surface area contributed by atoms with Crippen molar-refractivity contribution in [1.82, 2.24) is 4.90 Å². The Morgan fingerprint density at radius 1 is 1.25 bits per heavy atom. The zero-order chi connectivity index (χ0) is 11.0. The third kappa shape index (κ3) is 1.84. The molecule has 0 bridgehead atoms. The van der Waals surface area contributed by atoms with Gasteiger partial charge in [-0.1, -0.05) is 31.0 Å². The smallest absolute Gasteiger partial charge is 0.254 e. The van der Waals surface area contributed by atoms with Gasteiger partial charge in [-0.2, -0.15) is 0 Å². The van der Waals surface area contributed by atoms with Gasteiger partial charge in [-0.15, -0.1) is 0 Å². The summed E-state index contributed by atoms with van der Waals surface area (Å²) < 4.78 is 0. The van der Waals surface area contributed by atoms with E-state index in [1.54, 1.807) is 0 Å². The predicted molar refractivity (Wildman–Crippen MR) is 63.4 cm³/mol. The van der Waals surface area contributed by atoms with Gasteiger partial charge in [0.2, 0.25) is 0 Å². The lowest BCUT2D eigenvalue weighted by Crippen LogP contribution is -2.38. The second kappa shape index (κ2) is 3.93. The highest BCUT2D eigenvalue weighted by molar-refractivity contribution is 5.96. The van der Waals surface area contributed by atoms with E-state index in [0.29, 0.717) is 0 Å². The van der Waals surface area contributed by atoms with Crippen LogP contribution < -0.4 is 0 Å². The van der Waals surface area contributed by atoms with Gasteiger partial charge >= 0.3 is 0 Å². The van der Waals surface area contributed by atoms with Crippen molar-refractivity contribution in [3.63, 3.8) is 0 Å². The summed E-state index contributed by atoms with van der Waals surface area (Å²) in [5.74, 6) is 1.15. The molecule has 0 aromatic heterocycles. The minimum Gasteiger partial charge on any atom is -0.338 e. The summed E-state index contributed by atoms with van der Waals surface area (Å²) in [4.78, 5) is 14.2. The van der Waals surface area contributed by atoms with Crippen LogP contribution in [0.4, 0.5) is 0 Å². The largest absolute Gasteiger partial charge is 0.338 e. The fourth-order valence-corrected chi connectivity index (χ4v) is 2.43. The Morgan fingerprint density at radius 3 is 2.88 bits per heavy atom. The molecule has 1 aliphatic heterocycles. The van der Waals surface area contributed by atoms with Gasteiger partial charge in [0.05, 0.1) is 0 Å². The minimum absolute atomic E-state index is 0.238. The van der Waals surface area contributed by atoms with Gasteiger partial charge in [-0.05, 0) is 30.4 Å². The van der Waals surface area contributed by atoms with Crippen LogP contribution in [0.1, 0.15) is 35.2 Å². The molecule has 1 aromatic carbocycles. The van der Waals surface area contributed by atoms with Gasteiger partial charge in [0, 0.05) is 18.7 Å². The molecule has 0 radical (unpaired) electrons. The Bertz CT molecular complexity index is 409. The van der Waals surface area contributed by atoms with Crippen LogP contribution >= 0.6 is 0 Å². The first kappa shape index (κ1) is 9.88. The zero-order valence-electron chi connectivity index (χ0n) is 9.48. The number of hydrogen-bond donors (Lipinski definition) is 0. The maximum absolute atomic E-state index is 12.2. The quantitative estimate of drug-likeness (QED) is 0.758. The molecule has 84 valence electrons. The van der Waals surface area contributed by atoms with E-state index in [4.69, 9.17) is 0 Å². The number of benzene rings is 1. The molecule has 2 aliphatic rings. The molecule has 0 unspecified atom stereocenters. The minimum atomic E-state index is 0.238. The molecule has 1 saturated carbocycles. The average molecular weight is 215 g/mol. The lowest BCUT2D eigenvalue weighted by atomic mass is 9.99. The summed E-state index contributed by atoms with van der Waals surface area (Å²) >= 11 is 0. The fraction of sp³-hybridized carbons (Fsp3) is 0.500. The van der Waals surface area contributed by atoms with Crippen LogP contribution in [0.5, 0.6) is 0 Å². The van der Waals surface area contributed by atoms with Crippen molar-refractivity contribution in [3.05, 3.63) is 35.4 Å². The Labute approximate surface area is 96.3 Å². The Balaban J connectivity index is 1.72. The van der Waals surface area contributed by atoms with Gasteiger partial charge in [0.15, 0.2) is 0 Å². The van der Waals surface area contributed by atoms with Crippen LogP contribution in [0.2, 0.25) is 0 Å². The first-order valence-electron chi connectivity index (χ1n) is 6.22. The van der Waals surface area contributed by atoms with Crippen LogP contribution in [0, 0.1) is 5.92 Å².